The van der Waals surface area contributed by atoms with E-state index in [1.165, 1.54) is 0 Å². The molecule has 0 aliphatic carbocycles. The fourth-order valence-electron chi connectivity index (χ4n) is 1.57. The SMILES string of the molecule is CN1C(=O)C(C(C)(C)C)NC1(C)C. The molecular formula is C10H20N2O. The number of likely N-dealkylation sites (N-methyl/N-ethyl adjacent to an activating group) is 1. The summed E-state index contributed by atoms with van der Waals surface area (Å²) in [5, 5.41) is 3.35. The van der Waals surface area contributed by atoms with E-state index in [9.17, 15) is 4.79 Å². The molecule has 3 heteroatoms. The van der Waals surface area contributed by atoms with Crippen molar-refractivity contribution in [2.75, 3.05) is 7.05 Å². The van der Waals surface area contributed by atoms with Crippen LogP contribution in [0, 0.1) is 5.41 Å². The van der Waals surface area contributed by atoms with Crippen molar-refractivity contribution in [3.05, 3.63) is 0 Å². The highest BCUT2D eigenvalue weighted by Gasteiger charge is 2.46. The van der Waals surface area contributed by atoms with Gasteiger partial charge in [-0.15, -0.1) is 0 Å². The van der Waals surface area contributed by atoms with E-state index in [0.717, 1.165) is 0 Å². The second-order valence-electron chi connectivity index (χ2n) is 5.40. The average molecular weight is 184 g/mol. The number of nitrogens with zero attached hydrogens (tertiary/aromatic N) is 1. The Balaban J connectivity index is 2.91. The Kier molecular flexibility index (Phi) is 2.19. The van der Waals surface area contributed by atoms with Crippen molar-refractivity contribution in [1.29, 1.82) is 0 Å². The van der Waals surface area contributed by atoms with E-state index in [2.05, 4.69) is 26.1 Å². The van der Waals surface area contributed by atoms with Crippen LogP contribution in [0.1, 0.15) is 34.6 Å². The molecule has 1 atom stereocenters. The molecule has 0 spiro atoms. The van der Waals surface area contributed by atoms with Crippen LogP contribution >= 0.6 is 0 Å². The van der Waals surface area contributed by atoms with Crippen LogP contribution in [0.15, 0.2) is 0 Å². The van der Waals surface area contributed by atoms with Gasteiger partial charge >= 0.3 is 0 Å². The van der Waals surface area contributed by atoms with Crippen molar-refractivity contribution in [3.8, 4) is 0 Å². The van der Waals surface area contributed by atoms with E-state index in [0.29, 0.717) is 0 Å². The summed E-state index contributed by atoms with van der Waals surface area (Å²) in [6.45, 7) is 10.3. The predicted octanol–water partition coefficient (Wildman–Crippen LogP) is 1.20. The minimum atomic E-state index is -0.213. The lowest BCUT2D eigenvalue weighted by atomic mass is 9.87. The molecule has 0 radical (unpaired) electrons. The molecule has 3 nitrogen and oxygen atoms in total. The molecule has 1 unspecified atom stereocenters. The van der Waals surface area contributed by atoms with Crippen LogP contribution in [-0.4, -0.2) is 29.6 Å². The Labute approximate surface area is 80.5 Å². The third kappa shape index (κ3) is 1.70. The quantitative estimate of drug-likeness (QED) is 0.613. The molecule has 0 aromatic heterocycles. The van der Waals surface area contributed by atoms with E-state index < -0.39 is 0 Å². The van der Waals surface area contributed by atoms with Crippen molar-refractivity contribution in [1.82, 2.24) is 10.2 Å². The van der Waals surface area contributed by atoms with Crippen LogP contribution in [0.2, 0.25) is 0 Å². The number of carbonyl (C=O) groups is 1. The van der Waals surface area contributed by atoms with Gasteiger partial charge in [-0.3, -0.25) is 10.1 Å². The van der Waals surface area contributed by atoms with Gasteiger partial charge in [-0.05, 0) is 19.3 Å². The van der Waals surface area contributed by atoms with Crippen LogP contribution in [-0.2, 0) is 4.79 Å². The molecule has 0 aromatic carbocycles. The van der Waals surface area contributed by atoms with Crippen molar-refractivity contribution in [3.63, 3.8) is 0 Å². The summed E-state index contributed by atoms with van der Waals surface area (Å²) < 4.78 is 0. The third-order valence-corrected chi connectivity index (χ3v) is 2.78. The van der Waals surface area contributed by atoms with Crippen LogP contribution in [0.25, 0.3) is 0 Å². The molecule has 0 aromatic rings. The summed E-state index contributed by atoms with van der Waals surface area (Å²) in [6.07, 6.45) is 0. The molecule has 0 saturated carbocycles. The number of hydrogen-bond acceptors (Lipinski definition) is 2. The van der Waals surface area contributed by atoms with Crippen molar-refractivity contribution >= 4 is 5.91 Å². The fourth-order valence-corrected chi connectivity index (χ4v) is 1.57. The van der Waals surface area contributed by atoms with Crippen LogP contribution in [0.3, 0.4) is 0 Å². The van der Waals surface area contributed by atoms with Gasteiger partial charge in [-0.1, -0.05) is 20.8 Å². The molecule has 1 amide bonds. The largest absolute Gasteiger partial charge is 0.327 e. The molecule has 1 fully saturated rings. The van der Waals surface area contributed by atoms with Crippen molar-refractivity contribution in [2.45, 2.75) is 46.3 Å². The molecule has 1 saturated heterocycles. The summed E-state index contributed by atoms with van der Waals surface area (Å²) in [4.78, 5) is 13.6. The molecule has 1 rings (SSSR count). The Morgan fingerprint density at radius 2 is 1.85 bits per heavy atom. The monoisotopic (exact) mass is 184 g/mol. The van der Waals surface area contributed by atoms with Gasteiger partial charge in [0.2, 0.25) is 5.91 Å². The first-order valence-corrected chi connectivity index (χ1v) is 4.71. The summed E-state index contributed by atoms with van der Waals surface area (Å²) in [7, 11) is 1.85. The second kappa shape index (κ2) is 2.71. The van der Waals surface area contributed by atoms with Gasteiger partial charge in [0.15, 0.2) is 0 Å². The van der Waals surface area contributed by atoms with Gasteiger partial charge in [0, 0.05) is 7.05 Å². The second-order valence-corrected chi connectivity index (χ2v) is 5.40. The summed E-state index contributed by atoms with van der Waals surface area (Å²) >= 11 is 0. The van der Waals surface area contributed by atoms with Crippen LogP contribution in [0.5, 0.6) is 0 Å². The van der Waals surface area contributed by atoms with Gasteiger partial charge in [0.05, 0.1) is 11.7 Å². The molecule has 1 aliphatic heterocycles. The number of amides is 1. The smallest absolute Gasteiger partial charge is 0.241 e. The Morgan fingerprint density at radius 1 is 1.38 bits per heavy atom. The minimum Gasteiger partial charge on any atom is -0.327 e. The first kappa shape index (κ1) is 10.5. The van der Waals surface area contributed by atoms with Gasteiger partial charge in [0.1, 0.15) is 0 Å². The minimum absolute atomic E-state index is 0.0148. The summed E-state index contributed by atoms with van der Waals surface area (Å²) in [6, 6.07) is -0.0625. The van der Waals surface area contributed by atoms with Gasteiger partial charge in [-0.2, -0.15) is 0 Å². The van der Waals surface area contributed by atoms with Crippen LogP contribution < -0.4 is 5.32 Å². The van der Waals surface area contributed by atoms with Gasteiger partial charge < -0.3 is 4.90 Å². The van der Waals surface area contributed by atoms with Gasteiger partial charge in [0.25, 0.3) is 0 Å². The topological polar surface area (TPSA) is 32.3 Å². The lowest BCUT2D eigenvalue weighted by Gasteiger charge is -2.28. The fraction of sp³-hybridized carbons (Fsp3) is 0.900. The molecule has 1 N–H and O–H groups in total. The normalized spacial score (nSPS) is 28.3. The van der Waals surface area contributed by atoms with Crippen molar-refractivity contribution in [2.24, 2.45) is 5.41 Å². The summed E-state index contributed by atoms with van der Waals surface area (Å²) in [5.41, 5.74) is -0.228. The standard InChI is InChI=1S/C10H20N2O/c1-9(2,3)7-8(13)12(6)10(4,5)11-7/h7,11H,1-6H3. The summed E-state index contributed by atoms with van der Waals surface area (Å²) in [5.74, 6) is 0.192. The molecule has 76 valence electrons. The lowest BCUT2D eigenvalue weighted by molar-refractivity contribution is -0.131. The number of carbonyl (C=O) groups excluding carboxylic acids is 1. The van der Waals surface area contributed by atoms with E-state index in [1.54, 1.807) is 4.90 Å². The maximum Gasteiger partial charge on any atom is 0.241 e. The molecular weight excluding hydrogens is 164 g/mol. The Bertz CT molecular complexity index is 228. The highest BCUT2D eigenvalue weighted by atomic mass is 16.2. The molecule has 1 aliphatic rings. The number of nitrogens with one attached hydrogen (secondary N) is 1. The van der Waals surface area contributed by atoms with E-state index in [-0.39, 0.29) is 23.0 Å². The van der Waals surface area contributed by atoms with Crippen LogP contribution in [0.4, 0.5) is 0 Å². The van der Waals surface area contributed by atoms with Crippen molar-refractivity contribution < 1.29 is 4.79 Å². The third-order valence-electron chi connectivity index (χ3n) is 2.78. The first-order chi connectivity index (χ1) is 5.66. The van der Waals surface area contributed by atoms with E-state index in [4.69, 9.17) is 0 Å². The zero-order valence-corrected chi connectivity index (χ0v) is 9.43. The predicted molar refractivity (Wildman–Crippen MR) is 53.2 cm³/mol. The zero-order valence-electron chi connectivity index (χ0n) is 9.43. The molecule has 13 heavy (non-hydrogen) atoms. The Hall–Kier alpha value is -0.570. The zero-order chi connectivity index (χ0) is 10.4. The highest BCUT2D eigenvalue weighted by Crippen LogP contribution is 2.29. The van der Waals surface area contributed by atoms with E-state index >= 15 is 0 Å². The first-order valence-electron chi connectivity index (χ1n) is 4.71. The lowest BCUT2D eigenvalue weighted by Crippen LogP contribution is -2.47. The average Bonchev–Trinajstić information content (AvgIpc) is 2.12. The van der Waals surface area contributed by atoms with Gasteiger partial charge in [-0.25, -0.2) is 0 Å². The number of hydrogen-bond donors (Lipinski definition) is 1. The highest BCUT2D eigenvalue weighted by molar-refractivity contribution is 5.85. The Morgan fingerprint density at radius 3 is 2.00 bits per heavy atom. The number of rotatable bonds is 0. The maximum absolute atomic E-state index is 11.8. The maximum atomic E-state index is 11.8. The molecule has 0 bridgehead atoms. The van der Waals surface area contributed by atoms with E-state index in [1.807, 2.05) is 20.9 Å². The molecule has 1 heterocycles.